The highest BCUT2D eigenvalue weighted by Gasteiger charge is 2.57. The second-order valence-electron chi connectivity index (χ2n) is 5.99. The smallest absolute Gasteiger partial charge is 0.228 e. The van der Waals surface area contributed by atoms with E-state index in [-0.39, 0.29) is 11.8 Å². The fraction of sp³-hybridized carbons (Fsp3) is 0.562. The van der Waals surface area contributed by atoms with Crippen LogP contribution in [0.3, 0.4) is 0 Å². The Morgan fingerprint density at radius 1 is 1.35 bits per heavy atom. The maximum absolute atomic E-state index is 12.3. The summed E-state index contributed by atoms with van der Waals surface area (Å²) in [5.41, 5.74) is 2.54. The number of hydrogen-bond donors (Lipinski definition) is 2. The summed E-state index contributed by atoms with van der Waals surface area (Å²) < 4.78 is 0. The molecule has 1 aromatic carbocycles. The van der Waals surface area contributed by atoms with Crippen LogP contribution in [0.2, 0.25) is 0 Å². The molecule has 0 bridgehead atoms. The van der Waals surface area contributed by atoms with Crippen LogP contribution in [0.25, 0.3) is 0 Å². The molecule has 1 amide bonds. The van der Waals surface area contributed by atoms with E-state index in [1.54, 1.807) is 0 Å². The van der Waals surface area contributed by atoms with Gasteiger partial charge in [0.15, 0.2) is 0 Å². The summed E-state index contributed by atoms with van der Waals surface area (Å²) >= 11 is 1.81. The first kappa shape index (κ1) is 14.0. The van der Waals surface area contributed by atoms with Crippen molar-refractivity contribution in [2.75, 3.05) is 24.7 Å². The molecule has 108 valence electrons. The van der Waals surface area contributed by atoms with Crippen LogP contribution in [-0.4, -0.2) is 25.3 Å². The summed E-state index contributed by atoms with van der Waals surface area (Å²) in [7, 11) is 0. The highest BCUT2D eigenvalue weighted by molar-refractivity contribution is 7.97. The Labute approximate surface area is 124 Å². The molecule has 2 fully saturated rings. The second-order valence-corrected chi connectivity index (χ2v) is 6.85. The van der Waals surface area contributed by atoms with Gasteiger partial charge in [-0.15, -0.1) is 0 Å². The van der Waals surface area contributed by atoms with Crippen LogP contribution >= 0.6 is 11.8 Å². The molecule has 3 rings (SSSR count). The van der Waals surface area contributed by atoms with E-state index >= 15 is 0 Å². The Balaban J connectivity index is 1.57. The Morgan fingerprint density at radius 3 is 2.70 bits per heavy atom. The number of carbonyl (C=O) groups is 1. The van der Waals surface area contributed by atoms with Crippen LogP contribution in [0.1, 0.15) is 24.8 Å². The maximum atomic E-state index is 12.3. The zero-order chi connectivity index (χ0) is 14.0. The van der Waals surface area contributed by atoms with E-state index in [9.17, 15) is 4.79 Å². The van der Waals surface area contributed by atoms with Crippen molar-refractivity contribution in [1.29, 1.82) is 0 Å². The van der Waals surface area contributed by atoms with E-state index in [0.29, 0.717) is 5.41 Å². The van der Waals surface area contributed by atoms with Crippen LogP contribution < -0.4 is 10.6 Å². The number of hydrogen-bond acceptors (Lipinski definition) is 3. The molecule has 2 N–H and O–H groups in total. The number of thioether (sulfide) groups is 1. The number of nitrogens with one attached hydrogen (secondary N) is 2. The largest absolute Gasteiger partial charge is 0.326 e. The van der Waals surface area contributed by atoms with E-state index < -0.39 is 0 Å². The van der Waals surface area contributed by atoms with Crippen molar-refractivity contribution in [2.45, 2.75) is 25.0 Å². The van der Waals surface area contributed by atoms with Crippen LogP contribution in [0.4, 0.5) is 5.69 Å². The molecule has 0 aromatic heterocycles. The van der Waals surface area contributed by atoms with Crippen LogP contribution in [0.5, 0.6) is 0 Å². The SMILES string of the molecule is CSCc1ccc(NC(=O)C2CC23CCNCC3)cc1. The zero-order valence-electron chi connectivity index (χ0n) is 11.9. The minimum absolute atomic E-state index is 0.213. The molecule has 1 aliphatic heterocycles. The van der Waals surface area contributed by atoms with Gasteiger partial charge < -0.3 is 10.6 Å². The van der Waals surface area contributed by atoms with E-state index in [1.807, 2.05) is 23.9 Å². The highest BCUT2D eigenvalue weighted by atomic mass is 32.2. The molecule has 2 aliphatic rings. The number of benzene rings is 1. The van der Waals surface area contributed by atoms with Gasteiger partial charge in [0.25, 0.3) is 0 Å². The summed E-state index contributed by atoms with van der Waals surface area (Å²) in [4.78, 5) is 12.3. The van der Waals surface area contributed by atoms with E-state index in [1.165, 1.54) is 5.56 Å². The van der Waals surface area contributed by atoms with Crippen molar-refractivity contribution in [1.82, 2.24) is 5.32 Å². The summed E-state index contributed by atoms with van der Waals surface area (Å²) in [5, 5.41) is 6.45. The van der Waals surface area contributed by atoms with Crippen molar-refractivity contribution < 1.29 is 4.79 Å². The zero-order valence-corrected chi connectivity index (χ0v) is 12.8. The molecular formula is C16H22N2OS. The summed E-state index contributed by atoms with van der Waals surface area (Å²) in [5.74, 6) is 1.47. The van der Waals surface area contributed by atoms with Crippen molar-refractivity contribution in [2.24, 2.45) is 11.3 Å². The lowest BCUT2D eigenvalue weighted by Gasteiger charge is -2.23. The first-order valence-corrected chi connectivity index (χ1v) is 8.72. The molecular weight excluding hydrogens is 268 g/mol. The van der Waals surface area contributed by atoms with Gasteiger partial charge in [0.05, 0.1) is 0 Å². The molecule has 1 atom stereocenters. The molecule has 1 aliphatic carbocycles. The lowest BCUT2D eigenvalue weighted by molar-refractivity contribution is -0.118. The number of rotatable bonds is 4. The molecule has 1 saturated heterocycles. The summed E-state index contributed by atoms with van der Waals surface area (Å²) in [6, 6.07) is 8.22. The van der Waals surface area contributed by atoms with Crippen molar-refractivity contribution in [3.8, 4) is 0 Å². The summed E-state index contributed by atoms with van der Waals surface area (Å²) in [6.07, 6.45) is 5.47. The fourth-order valence-corrected chi connectivity index (χ4v) is 3.80. The van der Waals surface area contributed by atoms with Gasteiger partial charge in [-0.2, -0.15) is 11.8 Å². The average molecular weight is 290 g/mol. The minimum Gasteiger partial charge on any atom is -0.326 e. The Bertz CT molecular complexity index is 480. The topological polar surface area (TPSA) is 41.1 Å². The summed E-state index contributed by atoms with van der Waals surface area (Å²) in [6.45, 7) is 2.13. The number of piperidine rings is 1. The quantitative estimate of drug-likeness (QED) is 0.896. The van der Waals surface area contributed by atoms with Crippen molar-refractivity contribution in [3.05, 3.63) is 29.8 Å². The van der Waals surface area contributed by atoms with E-state index in [0.717, 1.165) is 43.8 Å². The van der Waals surface area contributed by atoms with Gasteiger partial charge in [-0.25, -0.2) is 0 Å². The first-order valence-electron chi connectivity index (χ1n) is 7.33. The van der Waals surface area contributed by atoms with Crippen molar-refractivity contribution in [3.63, 3.8) is 0 Å². The molecule has 3 nitrogen and oxygen atoms in total. The maximum Gasteiger partial charge on any atom is 0.228 e. The minimum atomic E-state index is 0.213. The van der Waals surface area contributed by atoms with Gasteiger partial charge >= 0.3 is 0 Å². The van der Waals surface area contributed by atoms with Crippen LogP contribution in [0.15, 0.2) is 24.3 Å². The lowest BCUT2D eigenvalue weighted by Crippen LogP contribution is -2.31. The van der Waals surface area contributed by atoms with Gasteiger partial charge in [0, 0.05) is 17.4 Å². The average Bonchev–Trinajstić information content (AvgIpc) is 3.16. The predicted molar refractivity (Wildman–Crippen MR) is 84.9 cm³/mol. The van der Waals surface area contributed by atoms with E-state index in [2.05, 4.69) is 29.0 Å². The predicted octanol–water partition coefficient (Wildman–Crippen LogP) is 2.88. The molecule has 1 spiro atoms. The third-order valence-electron chi connectivity index (χ3n) is 4.64. The molecule has 1 unspecified atom stereocenters. The standard InChI is InChI=1S/C16H22N2OS/c1-20-11-12-2-4-13(5-3-12)18-15(19)14-10-16(14)6-8-17-9-7-16/h2-5,14,17H,6-11H2,1H3,(H,18,19). The normalized spacial score (nSPS) is 23.6. The highest BCUT2D eigenvalue weighted by Crippen LogP contribution is 2.58. The Kier molecular flexibility index (Phi) is 4.03. The van der Waals surface area contributed by atoms with Gasteiger partial charge in [0.2, 0.25) is 5.91 Å². The fourth-order valence-electron chi connectivity index (χ4n) is 3.28. The Morgan fingerprint density at radius 2 is 2.05 bits per heavy atom. The monoisotopic (exact) mass is 290 g/mol. The first-order chi connectivity index (χ1) is 9.73. The van der Waals surface area contributed by atoms with Crippen LogP contribution in [0, 0.1) is 11.3 Å². The third-order valence-corrected chi connectivity index (χ3v) is 5.26. The van der Waals surface area contributed by atoms with Crippen LogP contribution in [-0.2, 0) is 10.5 Å². The second kappa shape index (κ2) is 5.78. The molecule has 4 heteroatoms. The molecule has 0 radical (unpaired) electrons. The molecule has 1 saturated carbocycles. The van der Waals surface area contributed by atoms with Gasteiger partial charge in [-0.1, -0.05) is 12.1 Å². The lowest BCUT2D eigenvalue weighted by atomic mass is 9.92. The molecule has 1 heterocycles. The van der Waals surface area contributed by atoms with Gasteiger partial charge in [-0.3, -0.25) is 4.79 Å². The third kappa shape index (κ3) is 2.86. The van der Waals surface area contributed by atoms with Gasteiger partial charge in [-0.05, 0) is 61.7 Å². The van der Waals surface area contributed by atoms with Gasteiger partial charge in [0.1, 0.15) is 0 Å². The molecule has 1 aromatic rings. The number of carbonyl (C=O) groups excluding carboxylic acids is 1. The number of amides is 1. The molecule has 20 heavy (non-hydrogen) atoms. The number of anilines is 1. The van der Waals surface area contributed by atoms with E-state index in [4.69, 9.17) is 0 Å². The Hall–Kier alpha value is -1.00. The van der Waals surface area contributed by atoms with Crippen molar-refractivity contribution >= 4 is 23.4 Å².